The molecule has 1 heterocycles. The highest BCUT2D eigenvalue weighted by Crippen LogP contribution is 2.26. The van der Waals surface area contributed by atoms with Crippen LogP contribution in [0, 0.1) is 5.82 Å². The van der Waals surface area contributed by atoms with Crippen molar-refractivity contribution in [3.8, 4) is 5.75 Å². The van der Waals surface area contributed by atoms with E-state index in [1.807, 2.05) is 4.90 Å². The molecule has 0 saturated carbocycles. The number of aromatic hydroxyl groups is 1. The minimum Gasteiger partial charge on any atom is -0.508 e. The summed E-state index contributed by atoms with van der Waals surface area (Å²) in [4.78, 5) is 1.97. The normalized spacial score (nSPS) is 16.5. The fraction of sp³-hybridized carbons (Fsp3) is 0.400. The summed E-state index contributed by atoms with van der Waals surface area (Å²) in [6, 6.07) is 4.17. The zero-order valence-corrected chi connectivity index (χ0v) is 7.33. The van der Waals surface area contributed by atoms with Crippen LogP contribution in [-0.2, 0) is 0 Å². The van der Waals surface area contributed by atoms with Gasteiger partial charge in [-0.25, -0.2) is 4.39 Å². The maximum Gasteiger partial charge on any atom is 0.146 e. The first-order chi connectivity index (χ1) is 6.27. The van der Waals surface area contributed by atoms with Crippen molar-refractivity contribution in [3.63, 3.8) is 0 Å². The summed E-state index contributed by atoms with van der Waals surface area (Å²) in [7, 11) is 0. The van der Waals surface area contributed by atoms with Gasteiger partial charge in [-0.15, -0.1) is 0 Å². The third-order valence-corrected chi connectivity index (χ3v) is 2.38. The van der Waals surface area contributed by atoms with E-state index in [4.69, 9.17) is 0 Å². The van der Waals surface area contributed by atoms with Gasteiger partial charge in [0.05, 0.1) is 5.69 Å². The molecule has 1 fully saturated rings. The van der Waals surface area contributed by atoms with Gasteiger partial charge in [0.15, 0.2) is 0 Å². The summed E-state index contributed by atoms with van der Waals surface area (Å²) in [5.74, 6) is -0.122. The number of nitrogens with zero attached hydrogens (tertiary/aromatic N) is 1. The second-order valence-corrected chi connectivity index (χ2v) is 3.33. The molecule has 2 nitrogen and oxygen atoms in total. The molecule has 0 amide bonds. The molecule has 13 heavy (non-hydrogen) atoms. The highest BCUT2D eigenvalue weighted by Gasteiger charge is 2.15. The van der Waals surface area contributed by atoms with E-state index in [-0.39, 0.29) is 11.6 Å². The van der Waals surface area contributed by atoms with E-state index in [1.54, 1.807) is 0 Å². The standard InChI is InChI=1S/C10H12FNO/c11-9-4-3-8(13)7-10(9)12-5-1-2-6-12/h3-4,7,13H,1-2,5-6H2. The Kier molecular flexibility index (Phi) is 2.08. The number of phenolic OH excluding ortho intramolecular Hbond substituents is 1. The zero-order valence-electron chi connectivity index (χ0n) is 7.33. The van der Waals surface area contributed by atoms with Crippen LogP contribution in [-0.4, -0.2) is 18.2 Å². The minimum atomic E-state index is -0.250. The predicted molar refractivity (Wildman–Crippen MR) is 49.5 cm³/mol. The average Bonchev–Trinajstić information content (AvgIpc) is 2.61. The maximum atomic E-state index is 13.3. The summed E-state index contributed by atoms with van der Waals surface area (Å²) in [6.45, 7) is 1.78. The Morgan fingerprint density at radius 1 is 1.23 bits per heavy atom. The van der Waals surface area contributed by atoms with Gasteiger partial charge in [-0.3, -0.25) is 0 Å². The Balaban J connectivity index is 2.32. The van der Waals surface area contributed by atoms with E-state index in [0.29, 0.717) is 5.69 Å². The summed E-state index contributed by atoms with van der Waals surface area (Å²) in [5, 5.41) is 9.20. The van der Waals surface area contributed by atoms with Crippen LogP contribution < -0.4 is 4.90 Å². The van der Waals surface area contributed by atoms with Crippen molar-refractivity contribution in [1.29, 1.82) is 0 Å². The maximum absolute atomic E-state index is 13.3. The van der Waals surface area contributed by atoms with Crippen molar-refractivity contribution in [1.82, 2.24) is 0 Å². The van der Waals surface area contributed by atoms with E-state index in [2.05, 4.69) is 0 Å². The lowest BCUT2D eigenvalue weighted by molar-refractivity contribution is 0.473. The van der Waals surface area contributed by atoms with Crippen molar-refractivity contribution >= 4 is 5.69 Å². The quantitative estimate of drug-likeness (QED) is 0.717. The van der Waals surface area contributed by atoms with Crippen LogP contribution in [0.4, 0.5) is 10.1 Å². The molecule has 1 N–H and O–H groups in total. The lowest BCUT2D eigenvalue weighted by Crippen LogP contribution is -2.18. The van der Waals surface area contributed by atoms with Gasteiger partial charge in [-0.05, 0) is 25.0 Å². The summed E-state index contributed by atoms with van der Waals surface area (Å²) < 4.78 is 13.3. The fourth-order valence-corrected chi connectivity index (χ4v) is 1.70. The molecule has 0 aliphatic carbocycles. The van der Waals surface area contributed by atoms with Crippen molar-refractivity contribution in [2.75, 3.05) is 18.0 Å². The first-order valence-corrected chi connectivity index (χ1v) is 4.51. The molecule has 70 valence electrons. The molecule has 0 bridgehead atoms. The van der Waals surface area contributed by atoms with Gasteiger partial charge in [0.2, 0.25) is 0 Å². The minimum absolute atomic E-state index is 0.128. The zero-order chi connectivity index (χ0) is 9.26. The Bertz CT molecular complexity index is 308. The van der Waals surface area contributed by atoms with Gasteiger partial charge in [-0.2, -0.15) is 0 Å². The number of rotatable bonds is 1. The largest absolute Gasteiger partial charge is 0.508 e. The lowest BCUT2D eigenvalue weighted by atomic mass is 10.2. The van der Waals surface area contributed by atoms with Crippen molar-refractivity contribution in [2.24, 2.45) is 0 Å². The topological polar surface area (TPSA) is 23.5 Å². The molecule has 0 radical (unpaired) electrons. The van der Waals surface area contributed by atoms with Crippen LogP contribution in [0.1, 0.15) is 12.8 Å². The van der Waals surface area contributed by atoms with Crippen LogP contribution in [0.15, 0.2) is 18.2 Å². The Morgan fingerprint density at radius 3 is 2.62 bits per heavy atom. The van der Waals surface area contributed by atoms with Crippen LogP contribution in [0.25, 0.3) is 0 Å². The van der Waals surface area contributed by atoms with Gasteiger partial charge >= 0.3 is 0 Å². The van der Waals surface area contributed by atoms with Gasteiger partial charge in [0.1, 0.15) is 11.6 Å². The monoisotopic (exact) mass is 181 g/mol. The van der Waals surface area contributed by atoms with Gasteiger partial charge < -0.3 is 10.0 Å². The van der Waals surface area contributed by atoms with Crippen LogP contribution in [0.2, 0.25) is 0 Å². The number of phenols is 1. The molecular weight excluding hydrogens is 169 g/mol. The van der Waals surface area contributed by atoms with Crippen LogP contribution >= 0.6 is 0 Å². The Labute approximate surface area is 76.6 Å². The van der Waals surface area contributed by atoms with Crippen LogP contribution in [0.3, 0.4) is 0 Å². The molecule has 0 unspecified atom stereocenters. The molecule has 2 rings (SSSR count). The first-order valence-electron chi connectivity index (χ1n) is 4.51. The highest BCUT2D eigenvalue weighted by atomic mass is 19.1. The van der Waals surface area contributed by atoms with Gasteiger partial charge in [0.25, 0.3) is 0 Å². The number of benzene rings is 1. The molecule has 1 saturated heterocycles. The summed E-state index contributed by atoms with van der Waals surface area (Å²) in [6.07, 6.45) is 2.21. The fourth-order valence-electron chi connectivity index (χ4n) is 1.70. The molecule has 1 aromatic carbocycles. The average molecular weight is 181 g/mol. The third-order valence-electron chi connectivity index (χ3n) is 2.38. The highest BCUT2D eigenvalue weighted by molar-refractivity contribution is 5.52. The van der Waals surface area contributed by atoms with Crippen molar-refractivity contribution < 1.29 is 9.50 Å². The summed E-state index contributed by atoms with van der Waals surface area (Å²) in [5.41, 5.74) is 0.525. The van der Waals surface area contributed by atoms with Gasteiger partial charge in [0, 0.05) is 19.2 Å². The number of halogens is 1. The van der Waals surface area contributed by atoms with Crippen molar-refractivity contribution in [2.45, 2.75) is 12.8 Å². The second-order valence-electron chi connectivity index (χ2n) is 3.33. The molecule has 3 heteroatoms. The van der Waals surface area contributed by atoms with Crippen LogP contribution in [0.5, 0.6) is 5.75 Å². The van der Waals surface area contributed by atoms with E-state index < -0.39 is 0 Å². The third kappa shape index (κ3) is 1.59. The predicted octanol–water partition coefficient (Wildman–Crippen LogP) is 2.13. The molecular formula is C10H12FNO. The smallest absolute Gasteiger partial charge is 0.146 e. The SMILES string of the molecule is Oc1ccc(F)c(N2CCCC2)c1. The molecule has 1 aliphatic rings. The second kappa shape index (κ2) is 3.24. The van der Waals surface area contributed by atoms with E-state index in [0.717, 1.165) is 25.9 Å². The van der Waals surface area contributed by atoms with Gasteiger partial charge in [-0.1, -0.05) is 0 Å². The Hall–Kier alpha value is -1.25. The number of hydrogen-bond donors (Lipinski definition) is 1. The van der Waals surface area contributed by atoms with E-state index in [9.17, 15) is 9.50 Å². The molecule has 1 aliphatic heterocycles. The van der Waals surface area contributed by atoms with E-state index in [1.165, 1.54) is 18.2 Å². The molecule has 0 aromatic heterocycles. The summed E-state index contributed by atoms with van der Waals surface area (Å²) >= 11 is 0. The number of hydrogen-bond acceptors (Lipinski definition) is 2. The first kappa shape index (κ1) is 8.35. The van der Waals surface area contributed by atoms with E-state index >= 15 is 0 Å². The number of anilines is 1. The molecule has 1 aromatic rings. The van der Waals surface area contributed by atoms with Crippen molar-refractivity contribution in [3.05, 3.63) is 24.0 Å². The molecule has 0 atom stereocenters. The Morgan fingerprint density at radius 2 is 1.92 bits per heavy atom. The molecule has 0 spiro atoms. The lowest BCUT2D eigenvalue weighted by Gasteiger charge is -2.18.